The van der Waals surface area contributed by atoms with E-state index in [4.69, 9.17) is 9.15 Å². The van der Waals surface area contributed by atoms with Crippen LogP contribution in [0.5, 0.6) is 0 Å². The number of alkyl halides is 3. The first kappa shape index (κ1) is 14.3. The Morgan fingerprint density at radius 2 is 1.89 bits per heavy atom. The molecule has 1 aliphatic rings. The summed E-state index contributed by atoms with van der Waals surface area (Å²) in [5.41, 5.74) is -0.897. The highest BCUT2D eigenvalue weighted by atomic mass is 19.4. The SMILES string of the molecule is CC(C)c1oc(CN2CCOCC2)nc1C(F)(F)F. The van der Waals surface area contributed by atoms with Gasteiger partial charge in [0.25, 0.3) is 0 Å². The molecule has 1 saturated heterocycles. The van der Waals surface area contributed by atoms with Crippen LogP contribution >= 0.6 is 0 Å². The van der Waals surface area contributed by atoms with E-state index in [0.717, 1.165) is 0 Å². The van der Waals surface area contributed by atoms with E-state index in [0.29, 0.717) is 32.8 Å². The molecule has 2 rings (SSSR count). The lowest BCUT2D eigenvalue weighted by atomic mass is 10.1. The van der Waals surface area contributed by atoms with Crippen molar-refractivity contribution in [3.63, 3.8) is 0 Å². The topological polar surface area (TPSA) is 38.5 Å². The minimum Gasteiger partial charge on any atom is -0.443 e. The molecule has 2 heterocycles. The Morgan fingerprint density at radius 3 is 2.37 bits per heavy atom. The summed E-state index contributed by atoms with van der Waals surface area (Å²) >= 11 is 0. The zero-order valence-electron chi connectivity index (χ0n) is 11.0. The summed E-state index contributed by atoms with van der Waals surface area (Å²) in [5.74, 6) is -0.309. The van der Waals surface area contributed by atoms with E-state index in [1.54, 1.807) is 13.8 Å². The van der Waals surface area contributed by atoms with Crippen LogP contribution in [0.2, 0.25) is 0 Å². The predicted molar refractivity (Wildman–Crippen MR) is 61.7 cm³/mol. The summed E-state index contributed by atoms with van der Waals surface area (Å²) in [6.07, 6.45) is -4.47. The Balaban J connectivity index is 2.17. The van der Waals surface area contributed by atoms with E-state index in [2.05, 4.69) is 4.98 Å². The van der Waals surface area contributed by atoms with Gasteiger partial charge in [-0.2, -0.15) is 13.2 Å². The van der Waals surface area contributed by atoms with Crippen LogP contribution in [-0.4, -0.2) is 36.2 Å². The van der Waals surface area contributed by atoms with Crippen molar-refractivity contribution >= 4 is 0 Å². The van der Waals surface area contributed by atoms with Gasteiger partial charge in [-0.15, -0.1) is 0 Å². The summed E-state index contributed by atoms with van der Waals surface area (Å²) < 4.78 is 49.0. The van der Waals surface area contributed by atoms with Gasteiger partial charge in [0, 0.05) is 19.0 Å². The van der Waals surface area contributed by atoms with Crippen LogP contribution in [0.4, 0.5) is 13.2 Å². The van der Waals surface area contributed by atoms with Crippen LogP contribution in [-0.2, 0) is 17.5 Å². The maximum atomic E-state index is 12.8. The van der Waals surface area contributed by atoms with Gasteiger partial charge in [-0.1, -0.05) is 13.8 Å². The van der Waals surface area contributed by atoms with Crippen molar-refractivity contribution in [2.75, 3.05) is 26.3 Å². The fourth-order valence-corrected chi connectivity index (χ4v) is 1.99. The number of nitrogens with zero attached hydrogens (tertiary/aromatic N) is 2. The molecule has 0 radical (unpaired) electrons. The molecule has 0 unspecified atom stereocenters. The largest absolute Gasteiger partial charge is 0.443 e. The molecule has 0 atom stereocenters. The van der Waals surface area contributed by atoms with Gasteiger partial charge in [-0.3, -0.25) is 4.90 Å². The maximum absolute atomic E-state index is 12.8. The van der Waals surface area contributed by atoms with Crippen molar-refractivity contribution in [2.45, 2.75) is 32.5 Å². The number of rotatable bonds is 3. The highest BCUT2D eigenvalue weighted by molar-refractivity contribution is 5.17. The van der Waals surface area contributed by atoms with Crippen molar-refractivity contribution in [3.05, 3.63) is 17.3 Å². The van der Waals surface area contributed by atoms with Crippen LogP contribution in [0.1, 0.15) is 37.1 Å². The third kappa shape index (κ3) is 3.48. The molecule has 1 aromatic heterocycles. The van der Waals surface area contributed by atoms with E-state index >= 15 is 0 Å². The lowest BCUT2D eigenvalue weighted by molar-refractivity contribution is -0.142. The Morgan fingerprint density at radius 1 is 1.26 bits per heavy atom. The summed E-state index contributed by atoms with van der Waals surface area (Å²) in [7, 11) is 0. The number of oxazole rings is 1. The first-order valence-corrected chi connectivity index (χ1v) is 6.25. The normalized spacial score (nSPS) is 18.2. The molecule has 0 N–H and O–H groups in total. The number of aromatic nitrogens is 1. The van der Waals surface area contributed by atoms with E-state index in [-0.39, 0.29) is 17.6 Å². The molecule has 1 aliphatic heterocycles. The molecule has 0 spiro atoms. The Labute approximate surface area is 109 Å². The van der Waals surface area contributed by atoms with E-state index in [9.17, 15) is 13.2 Å². The van der Waals surface area contributed by atoms with Crippen LogP contribution in [0.3, 0.4) is 0 Å². The van der Waals surface area contributed by atoms with Crippen LogP contribution in [0.25, 0.3) is 0 Å². The molecule has 1 aromatic rings. The van der Waals surface area contributed by atoms with Crippen LogP contribution in [0, 0.1) is 0 Å². The highest BCUT2D eigenvalue weighted by Crippen LogP contribution is 2.35. The van der Waals surface area contributed by atoms with Gasteiger partial charge in [-0.25, -0.2) is 4.98 Å². The molecule has 108 valence electrons. The number of ether oxygens (including phenoxy) is 1. The molecule has 4 nitrogen and oxygen atoms in total. The fourth-order valence-electron chi connectivity index (χ4n) is 1.99. The Kier molecular flexibility index (Phi) is 4.15. The molecule has 1 fully saturated rings. The van der Waals surface area contributed by atoms with Gasteiger partial charge in [0.2, 0.25) is 5.89 Å². The summed E-state index contributed by atoms with van der Waals surface area (Å²) in [6, 6.07) is 0. The quantitative estimate of drug-likeness (QED) is 0.852. The predicted octanol–water partition coefficient (Wildman–Crippen LogP) is 2.65. The Hall–Kier alpha value is -1.08. The minimum absolute atomic E-state index is 0.0873. The molecule has 0 aromatic carbocycles. The number of halogens is 3. The second-order valence-corrected chi connectivity index (χ2v) is 4.86. The molecule has 0 bridgehead atoms. The van der Waals surface area contributed by atoms with Gasteiger partial charge in [0.05, 0.1) is 19.8 Å². The molecule has 19 heavy (non-hydrogen) atoms. The average Bonchev–Trinajstić information content (AvgIpc) is 2.74. The molecule has 0 aliphatic carbocycles. The first-order valence-electron chi connectivity index (χ1n) is 6.25. The summed E-state index contributed by atoms with van der Waals surface area (Å²) in [6.45, 7) is 6.15. The van der Waals surface area contributed by atoms with Crippen molar-refractivity contribution in [2.24, 2.45) is 0 Å². The fraction of sp³-hybridized carbons (Fsp3) is 0.750. The van der Waals surface area contributed by atoms with Crippen molar-refractivity contribution in [1.29, 1.82) is 0 Å². The number of hydrogen-bond acceptors (Lipinski definition) is 4. The van der Waals surface area contributed by atoms with E-state index < -0.39 is 11.9 Å². The Bertz CT molecular complexity index is 423. The third-order valence-electron chi connectivity index (χ3n) is 2.95. The second kappa shape index (κ2) is 5.50. The molecule has 0 saturated carbocycles. The standard InChI is InChI=1S/C12H17F3N2O2/c1-8(2)10-11(12(13,14)15)16-9(19-10)7-17-3-5-18-6-4-17/h8H,3-7H2,1-2H3. The van der Waals surface area contributed by atoms with Gasteiger partial charge in [-0.05, 0) is 0 Å². The summed E-state index contributed by atoms with van der Waals surface area (Å²) in [4.78, 5) is 5.59. The van der Waals surface area contributed by atoms with Crippen molar-refractivity contribution in [1.82, 2.24) is 9.88 Å². The smallest absolute Gasteiger partial charge is 0.436 e. The maximum Gasteiger partial charge on any atom is 0.436 e. The summed E-state index contributed by atoms with van der Waals surface area (Å²) in [5, 5.41) is 0. The van der Waals surface area contributed by atoms with Crippen LogP contribution in [0.15, 0.2) is 4.42 Å². The van der Waals surface area contributed by atoms with Gasteiger partial charge >= 0.3 is 6.18 Å². The second-order valence-electron chi connectivity index (χ2n) is 4.86. The molecule has 0 amide bonds. The van der Waals surface area contributed by atoms with E-state index in [1.165, 1.54) is 0 Å². The number of hydrogen-bond donors (Lipinski definition) is 0. The minimum atomic E-state index is -4.47. The van der Waals surface area contributed by atoms with Crippen molar-refractivity contribution < 1.29 is 22.3 Å². The third-order valence-corrected chi connectivity index (χ3v) is 2.95. The van der Waals surface area contributed by atoms with Crippen molar-refractivity contribution in [3.8, 4) is 0 Å². The highest BCUT2D eigenvalue weighted by Gasteiger charge is 2.39. The van der Waals surface area contributed by atoms with Gasteiger partial charge in [0.15, 0.2) is 5.69 Å². The molecular formula is C12H17F3N2O2. The average molecular weight is 278 g/mol. The van der Waals surface area contributed by atoms with Gasteiger partial charge < -0.3 is 9.15 Å². The zero-order valence-corrected chi connectivity index (χ0v) is 11.0. The van der Waals surface area contributed by atoms with Gasteiger partial charge in [0.1, 0.15) is 5.76 Å². The molecular weight excluding hydrogens is 261 g/mol. The van der Waals surface area contributed by atoms with Crippen LogP contribution < -0.4 is 0 Å². The monoisotopic (exact) mass is 278 g/mol. The molecule has 7 heteroatoms. The van der Waals surface area contributed by atoms with E-state index in [1.807, 2.05) is 4.90 Å². The zero-order chi connectivity index (χ0) is 14.0. The lowest BCUT2D eigenvalue weighted by Gasteiger charge is -2.24. The first-order chi connectivity index (χ1) is 8.88. The number of morpholine rings is 1. The lowest BCUT2D eigenvalue weighted by Crippen LogP contribution is -2.35.